The number of carbonyl (C=O) groups excluding carboxylic acids is 1. The summed E-state index contributed by atoms with van der Waals surface area (Å²) in [7, 11) is 0. The lowest BCUT2D eigenvalue weighted by atomic mass is 9.82. The fourth-order valence-corrected chi connectivity index (χ4v) is 2.90. The smallest absolute Gasteiger partial charge is 0.323 e. The highest BCUT2D eigenvalue weighted by atomic mass is 16.4. The van der Waals surface area contributed by atoms with Gasteiger partial charge in [0.1, 0.15) is 6.54 Å². The van der Waals surface area contributed by atoms with Crippen LogP contribution in [0, 0.1) is 5.92 Å². The fraction of sp³-hybridized carbons (Fsp3) is 0.412. The molecule has 1 heterocycles. The maximum atomic E-state index is 11.9. The molecule has 0 radical (unpaired) electrons. The zero-order valence-electron chi connectivity index (χ0n) is 12.4. The maximum absolute atomic E-state index is 11.9. The molecule has 3 rings (SSSR count). The van der Waals surface area contributed by atoms with Crippen molar-refractivity contribution in [3.63, 3.8) is 0 Å². The van der Waals surface area contributed by atoms with E-state index in [-0.39, 0.29) is 12.5 Å². The van der Waals surface area contributed by atoms with Crippen LogP contribution < -0.4 is 5.32 Å². The van der Waals surface area contributed by atoms with E-state index < -0.39 is 5.97 Å². The van der Waals surface area contributed by atoms with Gasteiger partial charge in [0.25, 0.3) is 0 Å². The highest BCUT2D eigenvalue weighted by Gasteiger charge is 2.18. The van der Waals surface area contributed by atoms with Crippen molar-refractivity contribution in [1.82, 2.24) is 4.57 Å². The monoisotopic (exact) mass is 300 g/mol. The second-order valence-electron chi connectivity index (χ2n) is 5.99. The number of nitrogens with one attached hydrogen (secondary N) is 1. The van der Waals surface area contributed by atoms with Gasteiger partial charge < -0.3 is 15.0 Å². The van der Waals surface area contributed by atoms with Gasteiger partial charge in [0.05, 0.1) is 0 Å². The number of fused-ring (bicyclic) bond motifs is 1. The van der Waals surface area contributed by atoms with Crippen LogP contribution in [0.5, 0.6) is 0 Å². The Morgan fingerprint density at radius 1 is 1.27 bits per heavy atom. The van der Waals surface area contributed by atoms with E-state index in [1.54, 1.807) is 10.8 Å². The lowest BCUT2D eigenvalue weighted by Gasteiger charge is -2.24. The summed E-state index contributed by atoms with van der Waals surface area (Å²) in [5.41, 5.74) is 1.62. The van der Waals surface area contributed by atoms with Crippen LogP contribution in [-0.2, 0) is 16.1 Å². The summed E-state index contributed by atoms with van der Waals surface area (Å²) in [6.45, 7) is -0.0589. The quantitative estimate of drug-likeness (QED) is 0.860. The molecule has 1 saturated carbocycles. The summed E-state index contributed by atoms with van der Waals surface area (Å²) in [5, 5.41) is 12.7. The van der Waals surface area contributed by atoms with Crippen molar-refractivity contribution < 1.29 is 14.7 Å². The maximum Gasteiger partial charge on any atom is 0.323 e. The molecule has 5 heteroatoms. The summed E-state index contributed by atoms with van der Waals surface area (Å²) in [4.78, 5) is 22.8. The van der Waals surface area contributed by atoms with E-state index in [4.69, 9.17) is 5.11 Å². The zero-order chi connectivity index (χ0) is 15.5. The zero-order valence-corrected chi connectivity index (χ0v) is 12.4. The van der Waals surface area contributed by atoms with Gasteiger partial charge in [-0.3, -0.25) is 9.59 Å². The van der Waals surface area contributed by atoms with Crippen LogP contribution in [0.4, 0.5) is 5.69 Å². The molecule has 1 aliphatic rings. The molecular weight excluding hydrogens is 280 g/mol. The van der Waals surface area contributed by atoms with E-state index in [1.807, 2.05) is 24.3 Å². The van der Waals surface area contributed by atoms with Gasteiger partial charge in [-0.2, -0.15) is 0 Å². The third-order valence-electron chi connectivity index (χ3n) is 4.36. The van der Waals surface area contributed by atoms with Gasteiger partial charge in [0.2, 0.25) is 5.91 Å². The SMILES string of the molecule is O=C(O)Cn1ccc2cc(NC(=O)CCC3CCC3)ccc21. The Morgan fingerprint density at radius 2 is 2.09 bits per heavy atom. The minimum Gasteiger partial charge on any atom is -0.480 e. The molecule has 22 heavy (non-hydrogen) atoms. The van der Waals surface area contributed by atoms with Crippen LogP contribution in [0.1, 0.15) is 32.1 Å². The van der Waals surface area contributed by atoms with Gasteiger partial charge in [0.15, 0.2) is 0 Å². The second-order valence-corrected chi connectivity index (χ2v) is 5.99. The molecule has 2 aromatic rings. The first-order chi connectivity index (χ1) is 10.6. The second kappa shape index (κ2) is 6.22. The molecule has 1 aliphatic carbocycles. The van der Waals surface area contributed by atoms with Crippen molar-refractivity contribution in [2.45, 2.75) is 38.6 Å². The highest BCUT2D eigenvalue weighted by molar-refractivity contribution is 5.94. The van der Waals surface area contributed by atoms with Crippen molar-refractivity contribution in [3.05, 3.63) is 30.5 Å². The summed E-state index contributed by atoms with van der Waals surface area (Å²) in [6, 6.07) is 7.42. The van der Waals surface area contributed by atoms with Gasteiger partial charge in [-0.1, -0.05) is 19.3 Å². The van der Waals surface area contributed by atoms with Crippen molar-refractivity contribution in [1.29, 1.82) is 0 Å². The molecule has 0 aliphatic heterocycles. The number of aliphatic carboxylic acids is 1. The van der Waals surface area contributed by atoms with Crippen molar-refractivity contribution >= 4 is 28.5 Å². The number of carboxylic acid groups (broad SMARTS) is 1. The highest BCUT2D eigenvalue weighted by Crippen LogP contribution is 2.30. The molecule has 0 saturated heterocycles. The Bertz CT molecular complexity index is 701. The molecule has 2 N–H and O–H groups in total. The number of carboxylic acids is 1. The van der Waals surface area contributed by atoms with E-state index >= 15 is 0 Å². The largest absolute Gasteiger partial charge is 0.480 e. The predicted molar refractivity (Wildman–Crippen MR) is 84.8 cm³/mol. The Kier molecular flexibility index (Phi) is 4.13. The van der Waals surface area contributed by atoms with Crippen molar-refractivity contribution in [2.75, 3.05) is 5.32 Å². The van der Waals surface area contributed by atoms with Gasteiger partial charge in [-0.15, -0.1) is 0 Å². The summed E-state index contributed by atoms with van der Waals surface area (Å²) in [5.74, 6) is -0.0830. The molecule has 1 aromatic heterocycles. The van der Waals surface area contributed by atoms with Crippen molar-refractivity contribution in [3.8, 4) is 0 Å². The molecule has 0 bridgehead atoms. The number of anilines is 1. The Hall–Kier alpha value is -2.30. The van der Waals surface area contributed by atoms with E-state index in [2.05, 4.69) is 5.32 Å². The molecule has 5 nitrogen and oxygen atoms in total. The number of amides is 1. The molecule has 0 spiro atoms. The average Bonchev–Trinajstić information content (AvgIpc) is 2.79. The van der Waals surface area contributed by atoms with Crippen LogP contribution in [-0.4, -0.2) is 21.6 Å². The van der Waals surface area contributed by atoms with E-state index in [1.165, 1.54) is 19.3 Å². The minimum absolute atomic E-state index is 0.0521. The van der Waals surface area contributed by atoms with Gasteiger partial charge >= 0.3 is 5.97 Å². The number of hydrogen-bond donors (Lipinski definition) is 2. The van der Waals surface area contributed by atoms with Crippen molar-refractivity contribution in [2.24, 2.45) is 5.92 Å². The van der Waals surface area contributed by atoms with E-state index in [0.717, 1.165) is 28.9 Å². The first kappa shape index (κ1) is 14.6. The molecule has 1 amide bonds. The normalized spacial score (nSPS) is 14.7. The minimum atomic E-state index is -0.870. The van der Waals surface area contributed by atoms with Gasteiger partial charge in [0, 0.05) is 29.2 Å². The Morgan fingerprint density at radius 3 is 2.77 bits per heavy atom. The molecule has 1 fully saturated rings. The predicted octanol–water partition coefficient (Wildman–Crippen LogP) is 3.24. The molecule has 0 unspecified atom stereocenters. The topological polar surface area (TPSA) is 71.3 Å². The molecule has 116 valence electrons. The first-order valence-corrected chi connectivity index (χ1v) is 7.72. The van der Waals surface area contributed by atoms with Crippen LogP contribution in [0.25, 0.3) is 10.9 Å². The molecular formula is C17H20N2O3. The number of aromatic nitrogens is 1. The summed E-state index contributed by atoms with van der Waals surface area (Å²) in [6.07, 6.45) is 7.12. The van der Waals surface area contributed by atoms with Gasteiger partial charge in [-0.25, -0.2) is 0 Å². The van der Waals surface area contributed by atoms with Crippen LogP contribution >= 0.6 is 0 Å². The van der Waals surface area contributed by atoms with Crippen LogP contribution in [0.2, 0.25) is 0 Å². The average molecular weight is 300 g/mol. The molecule has 0 atom stereocenters. The third-order valence-corrected chi connectivity index (χ3v) is 4.36. The summed E-state index contributed by atoms with van der Waals surface area (Å²) < 4.78 is 1.68. The number of nitrogens with zero attached hydrogens (tertiary/aromatic N) is 1. The number of benzene rings is 1. The number of carbonyl (C=O) groups is 2. The van der Waals surface area contributed by atoms with Gasteiger partial charge in [-0.05, 0) is 36.6 Å². The molecule has 1 aromatic carbocycles. The lowest BCUT2D eigenvalue weighted by molar-refractivity contribution is -0.137. The first-order valence-electron chi connectivity index (χ1n) is 7.72. The number of rotatable bonds is 6. The van der Waals surface area contributed by atoms with Crippen LogP contribution in [0.15, 0.2) is 30.5 Å². The summed E-state index contributed by atoms with van der Waals surface area (Å²) >= 11 is 0. The van der Waals surface area contributed by atoms with E-state index in [9.17, 15) is 9.59 Å². The Balaban J connectivity index is 1.64. The van der Waals surface area contributed by atoms with E-state index in [0.29, 0.717) is 6.42 Å². The Labute approximate surface area is 128 Å². The standard InChI is InChI=1S/C17H20N2O3/c20-16(7-4-12-2-1-3-12)18-14-5-6-15-13(10-14)8-9-19(15)11-17(21)22/h5-6,8-10,12H,1-4,7,11H2,(H,18,20)(H,21,22). The van der Waals surface area contributed by atoms with Crippen LogP contribution in [0.3, 0.4) is 0 Å². The lowest BCUT2D eigenvalue weighted by Crippen LogP contribution is -2.16. The third kappa shape index (κ3) is 3.30. The fourth-order valence-electron chi connectivity index (χ4n) is 2.90. The number of hydrogen-bond acceptors (Lipinski definition) is 2.